The van der Waals surface area contributed by atoms with E-state index in [9.17, 15) is 8.42 Å². The Morgan fingerprint density at radius 2 is 1.87 bits per heavy atom. The van der Waals surface area contributed by atoms with E-state index in [2.05, 4.69) is 20.9 Å². The van der Waals surface area contributed by atoms with Crippen LogP contribution < -0.4 is 0 Å². The Balaban J connectivity index is 1.67. The predicted octanol–water partition coefficient (Wildman–Crippen LogP) is 3.85. The number of piperidine rings is 1. The highest BCUT2D eigenvalue weighted by Crippen LogP contribution is 2.32. The molecule has 1 aliphatic rings. The van der Waals surface area contributed by atoms with Crippen LogP contribution in [-0.2, 0) is 22.9 Å². The van der Waals surface area contributed by atoms with Crippen molar-refractivity contribution in [3.8, 4) is 0 Å². The van der Waals surface area contributed by atoms with E-state index in [-0.39, 0.29) is 10.9 Å². The van der Waals surface area contributed by atoms with Crippen LogP contribution in [0.4, 0.5) is 0 Å². The zero-order chi connectivity index (χ0) is 21.0. The average molecular weight is 425 g/mol. The van der Waals surface area contributed by atoms with Crippen LogP contribution in [0.3, 0.4) is 0 Å². The van der Waals surface area contributed by atoms with E-state index < -0.39 is 9.84 Å². The second-order valence-electron chi connectivity index (χ2n) is 7.78. The van der Waals surface area contributed by atoms with Gasteiger partial charge in [0, 0.05) is 25.0 Å². The van der Waals surface area contributed by atoms with Crippen molar-refractivity contribution in [2.45, 2.75) is 50.5 Å². The molecule has 6 nitrogen and oxygen atoms in total. The van der Waals surface area contributed by atoms with Crippen LogP contribution >= 0.6 is 0 Å². The molecular formula is C23H28N4O2S. The Bertz CT molecular complexity index is 1070. The van der Waals surface area contributed by atoms with Gasteiger partial charge in [-0.25, -0.2) is 13.4 Å². The maximum atomic E-state index is 12.7. The van der Waals surface area contributed by atoms with Gasteiger partial charge in [-0.05, 0) is 36.6 Å². The molecule has 3 heterocycles. The van der Waals surface area contributed by atoms with Gasteiger partial charge in [0.25, 0.3) is 0 Å². The highest BCUT2D eigenvalue weighted by atomic mass is 32.2. The van der Waals surface area contributed by atoms with Crippen molar-refractivity contribution in [3.63, 3.8) is 0 Å². The summed E-state index contributed by atoms with van der Waals surface area (Å²) >= 11 is 0. The van der Waals surface area contributed by atoms with Crippen LogP contribution in [0, 0.1) is 0 Å². The van der Waals surface area contributed by atoms with Gasteiger partial charge < -0.3 is 4.57 Å². The first-order chi connectivity index (χ1) is 14.6. The molecule has 1 atom stereocenters. The molecule has 0 spiro atoms. The van der Waals surface area contributed by atoms with Crippen molar-refractivity contribution in [2.24, 2.45) is 0 Å². The summed E-state index contributed by atoms with van der Waals surface area (Å²) in [5.41, 5.74) is 3.21. The molecule has 0 saturated carbocycles. The fraction of sp³-hybridized carbons (Fsp3) is 0.391. The summed E-state index contributed by atoms with van der Waals surface area (Å²) in [6.45, 7) is 3.81. The summed E-state index contributed by atoms with van der Waals surface area (Å²) in [7, 11) is -3.41. The van der Waals surface area contributed by atoms with Crippen molar-refractivity contribution < 1.29 is 8.42 Å². The van der Waals surface area contributed by atoms with E-state index in [1.807, 2.05) is 47.2 Å². The molecule has 1 saturated heterocycles. The Morgan fingerprint density at radius 3 is 2.60 bits per heavy atom. The topological polar surface area (TPSA) is 68.1 Å². The maximum absolute atomic E-state index is 12.7. The lowest BCUT2D eigenvalue weighted by Crippen LogP contribution is -2.34. The van der Waals surface area contributed by atoms with Gasteiger partial charge in [0.05, 0.1) is 24.2 Å². The van der Waals surface area contributed by atoms with Gasteiger partial charge in [-0.15, -0.1) is 0 Å². The molecule has 30 heavy (non-hydrogen) atoms. The number of aromatic nitrogens is 3. The summed E-state index contributed by atoms with van der Waals surface area (Å²) in [5.74, 6) is 0.0419. The molecular weight excluding hydrogens is 396 g/mol. The monoisotopic (exact) mass is 424 g/mol. The third-order valence-corrected chi connectivity index (χ3v) is 7.43. The number of hydrogen-bond donors (Lipinski definition) is 0. The largest absolute Gasteiger partial charge is 0.313 e. The molecule has 7 heteroatoms. The van der Waals surface area contributed by atoms with Crippen LogP contribution in [0.15, 0.2) is 66.2 Å². The van der Waals surface area contributed by atoms with Gasteiger partial charge in [0.1, 0.15) is 0 Å². The molecule has 0 amide bonds. The lowest BCUT2D eigenvalue weighted by molar-refractivity contribution is 0.136. The second-order valence-corrected chi connectivity index (χ2v) is 9.95. The summed E-state index contributed by atoms with van der Waals surface area (Å²) in [4.78, 5) is 11.1. The lowest BCUT2D eigenvalue weighted by atomic mass is 9.96. The lowest BCUT2D eigenvalue weighted by Gasteiger charge is -2.36. The van der Waals surface area contributed by atoms with Crippen molar-refractivity contribution in [1.82, 2.24) is 19.4 Å². The standard InChI is InChI=1S/C23H28N4O2S/c1-2-30(28,29)23-25-16-21(27(23)17-19-9-4-3-5-10-19)18-26-14-7-6-12-22(26)20-11-8-13-24-15-20/h3-5,8-11,13,15-16,22H,2,6-7,12,14,17-18H2,1H3. The Hall–Kier alpha value is -2.51. The molecule has 1 unspecified atom stereocenters. The zero-order valence-electron chi connectivity index (χ0n) is 17.3. The SMILES string of the molecule is CCS(=O)(=O)c1ncc(CN2CCCCC2c2cccnc2)n1Cc1ccccc1. The van der Waals surface area contributed by atoms with E-state index in [4.69, 9.17) is 0 Å². The molecule has 3 aromatic rings. The normalized spacial score (nSPS) is 17.8. The quantitative estimate of drug-likeness (QED) is 0.576. The molecule has 0 aliphatic carbocycles. The molecule has 0 bridgehead atoms. The highest BCUT2D eigenvalue weighted by Gasteiger charge is 2.27. The Labute approximate surface area is 178 Å². The van der Waals surface area contributed by atoms with Gasteiger partial charge in [0.2, 0.25) is 15.0 Å². The molecule has 1 aliphatic heterocycles. The second kappa shape index (κ2) is 9.10. The van der Waals surface area contributed by atoms with Gasteiger partial charge in [-0.1, -0.05) is 49.7 Å². The van der Waals surface area contributed by atoms with E-state index >= 15 is 0 Å². The molecule has 4 rings (SSSR count). The molecule has 1 fully saturated rings. The van der Waals surface area contributed by atoms with Crippen LogP contribution in [0.2, 0.25) is 0 Å². The highest BCUT2D eigenvalue weighted by molar-refractivity contribution is 7.91. The van der Waals surface area contributed by atoms with Gasteiger partial charge in [0.15, 0.2) is 0 Å². The van der Waals surface area contributed by atoms with Crippen LogP contribution in [-0.4, -0.2) is 40.2 Å². The fourth-order valence-electron chi connectivity index (χ4n) is 4.17. The summed E-state index contributed by atoms with van der Waals surface area (Å²) in [6, 6.07) is 14.4. The van der Waals surface area contributed by atoms with Gasteiger partial charge >= 0.3 is 0 Å². The fourth-order valence-corrected chi connectivity index (χ4v) is 5.16. The number of benzene rings is 1. The minimum atomic E-state index is -3.41. The zero-order valence-corrected chi connectivity index (χ0v) is 18.1. The van der Waals surface area contributed by atoms with Crippen molar-refractivity contribution in [2.75, 3.05) is 12.3 Å². The van der Waals surface area contributed by atoms with E-state index in [1.54, 1.807) is 19.3 Å². The summed E-state index contributed by atoms with van der Waals surface area (Å²) in [5, 5.41) is 0.166. The molecule has 0 N–H and O–H groups in total. The van der Waals surface area contributed by atoms with Crippen LogP contribution in [0.5, 0.6) is 0 Å². The van der Waals surface area contributed by atoms with E-state index in [1.165, 1.54) is 12.0 Å². The van der Waals surface area contributed by atoms with Crippen LogP contribution in [0.25, 0.3) is 0 Å². The van der Waals surface area contributed by atoms with Crippen molar-refractivity contribution in [3.05, 3.63) is 77.9 Å². The number of imidazole rings is 1. The molecule has 2 aromatic heterocycles. The molecule has 1 aromatic carbocycles. The van der Waals surface area contributed by atoms with Crippen molar-refractivity contribution >= 4 is 9.84 Å². The number of hydrogen-bond acceptors (Lipinski definition) is 5. The number of sulfone groups is 1. The van der Waals surface area contributed by atoms with Crippen LogP contribution in [0.1, 0.15) is 49.0 Å². The smallest absolute Gasteiger partial charge is 0.228 e. The first-order valence-electron chi connectivity index (χ1n) is 10.5. The number of nitrogens with zero attached hydrogens (tertiary/aromatic N) is 4. The summed E-state index contributed by atoms with van der Waals surface area (Å²) < 4.78 is 27.3. The van der Waals surface area contributed by atoms with E-state index in [0.29, 0.717) is 19.1 Å². The third-order valence-electron chi connectivity index (χ3n) is 5.79. The average Bonchev–Trinajstić information content (AvgIpc) is 3.18. The first kappa shape index (κ1) is 20.8. The minimum absolute atomic E-state index is 0.0419. The minimum Gasteiger partial charge on any atom is -0.313 e. The first-order valence-corrected chi connectivity index (χ1v) is 12.2. The number of likely N-dealkylation sites (tertiary alicyclic amines) is 1. The Kier molecular flexibility index (Phi) is 6.29. The van der Waals surface area contributed by atoms with Gasteiger partial charge in [-0.3, -0.25) is 9.88 Å². The predicted molar refractivity (Wildman–Crippen MR) is 117 cm³/mol. The third kappa shape index (κ3) is 4.47. The summed E-state index contributed by atoms with van der Waals surface area (Å²) in [6.07, 6.45) is 8.89. The molecule has 158 valence electrons. The Morgan fingerprint density at radius 1 is 1.03 bits per heavy atom. The maximum Gasteiger partial charge on any atom is 0.228 e. The van der Waals surface area contributed by atoms with Crippen molar-refractivity contribution in [1.29, 1.82) is 0 Å². The van der Waals surface area contributed by atoms with Gasteiger partial charge in [-0.2, -0.15) is 0 Å². The van der Waals surface area contributed by atoms with E-state index in [0.717, 1.165) is 30.6 Å². The molecule has 0 radical (unpaired) electrons. The number of rotatable bonds is 7. The number of pyridine rings is 1.